The number of rotatable bonds is 6. The number of aromatic nitrogens is 5. The van der Waals surface area contributed by atoms with Crippen LogP contribution in [0.15, 0.2) is 66.2 Å². The SMILES string of the molecule is O=C1NC(=S)N(CCc2ccc(F)cc2)C(=O)C1=Cc1ccc(-c2ccc(-c3nnn[nH]3)cc2)[nH]1. The molecule has 5 rings (SSSR count). The number of carbonyl (C=O) groups is 2. The lowest BCUT2D eigenvalue weighted by atomic mass is 10.1. The molecule has 35 heavy (non-hydrogen) atoms. The highest BCUT2D eigenvalue weighted by molar-refractivity contribution is 7.80. The minimum absolute atomic E-state index is 0.0285. The van der Waals surface area contributed by atoms with Crippen molar-refractivity contribution in [2.75, 3.05) is 6.54 Å². The zero-order chi connectivity index (χ0) is 24.4. The van der Waals surface area contributed by atoms with Gasteiger partial charge in [0.25, 0.3) is 11.8 Å². The van der Waals surface area contributed by atoms with Crippen molar-refractivity contribution >= 4 is 35.2 Å². The number of carbonyl (C=O) groups excluding carboxylic acids is 2. The molecule has 3 N–H and O–H groups in total. The number of hydrogen-bond acceptors (Lipinski definition) is 6. The highest BCUT2D eigenvalue weighted by Gasteiger charge is 2.33. The molecule has 0 radical (unpaired) electrons. The van der Waals surface area contributed by atoms with E-state index in [0.717, 1.165) is 22.4 Å². The molecular weight excluding hydrogens is 469 g/mol. The lowest BCUT2D eigenvalue weighted by Gasteiger charge is -2.28. The largest absolute Gasteiger partial charge is 0.355 e. The van der Waals surface area contributed by atoms with Gasteiger partial charge in [-0.3, -0.25) is 19.8 Å². The van der Waals surface area contributed by atoms with Crippen LogP contribution in [0.1, 0.15) is 11.3 Å². The zero-order valence-corrected chi connectivity index (χ0v) is 19.0. The molecule has 174 valence electrons. The number of tetrazole rings is 1. The van der Waals surface area contributed by atoms with E-state index in [9.17, 15) is 14.0 Å². The van der Waals surface area contributed by atoms with E-state index in [1.807, 2.05) is 30.3 Å². The molecular formula is C24H18FN7O2S. The van der Waals surface area contributed by atoms with Crippen molar-refractivity contribution in [3.8, 4) is 22.6 Å². The second-order valence-electron chi connectivity index (χ2n) is 7.81. The summed E-state index contributed by atoms with van der Waals surface area (Å²) in [5.41, 5.74) is 3.98. The van der Waals surface area contributed by atoms with Crippen LogP contribution in [0, 0.1) is 5.82 Å². The monoisotopic (exact) mass is 487 g/mol. The molecule has 3 heterocycles. The lowest BCUT2D eigenvalue weighted by molar-refractivity contribution is -0.128. The Labute approximate surface area is 204 Å². The number of amides is 2. The molecule has 11 heteroatoms. The van der Waals surface area contributed by atoms with Gasteiger partial charge in [-0.25, -0.2) is 9.49 Å². The molecule has 0 saturated carbocycles. The van der Waals surface area contributed by atoms with Gasteiger partial charge in [0.1, 0.15) is 11.4 Å². The fourth-order valence-electron chi connectivity index (χ4n) is 3.70. The maximum atomic E-state index is 13.1. The molecule has 0 spiro atoms. The van der Waals surface area contributed by atoms with Crippen LogP contribution in [-0.2, 0) is 16.0 Å². The van der Waals surface area contributed by atoms with E-state index in [4.69, 9.17) is 12.2 Å². The normalized spacial score (nSPS) is 15.1. The van der Waals surface area contributed by atoms with Gasteiger partial charge in [0.2, 0.25) is 0 Å². The third kappa shape index (κ3) is 4.75. The van der Waals surface area contributed by atoms with Gasteiger partial charge < -0.3 is 4.98 Å². The lowest BCUT2D eigenvalue weighted by Crippen LogP contribution is -2.54. The second kappa shape index (κ2) is 9.39. The predicted octanol–water partition coefficient (Wildman–Crippen LogP) is 2.87. The molecule has 2 aromatic heterocycles. The molecule has 0 aliphatic carbocycles. The van der Waals surface area contributed by atoms with E-state index < -0.39 is 11.8 Å². The number of thiocarbonyl (C=S) groups is 1. The molecule has 0 unspecified atom stereocenters. The van der Waals surface area contributed by atoms with Crippen LogP contribution >= 0.6 is 12.2 Å². The number of H-pyrrole nitrogens is 2. The molecule has 1 aliphatic heterocycles. The zero-order valence-electron chi connectivity index (χ0n) is 18.2. The van der Waals surface area contributed by atoms with E-state index in [1.54, 1.807) is 18.2 Å². The summed E-state index contributed by atoms with van der Waals surface area (Å²) < 4.78 is 13.1. The minimum atomic E-state index is -0.556. The van der Waals surface area contributed by atoms with Gasteiger partial charge in [-0.1, -0.05) is 36.4 Å². The predicted molar refractivity (Wildman–Crippen MR) is 130 cm³/mol. The molecule has 9 nitrogen and oxygen atoms in total. The quantitative estimate of drug-likeness (QED) is 0.219. The summed E-state index contributed by atoms with van der Waals surface area (Å²) in [5.74, 6) is -0.803. The van der Waals surface area contributed by atoms with Crippen LogP contribution in [0.2, 0.25) is 0 Å². The van der Waals surface area contributed by atoms with Crippen molar-refractivity contribution in [3.05, 3.63) is 83.3 Å². The Morgan fingerprint density at radius 1 is 0.971 bits per heavy atom. The Bertz CT molecular complexity index is 1430. The van der Waals surface area contributed by atoms with Gasteiger partial charge in [-0.15, -0.1) is 5.10 Å². The first kappa shape index (κ1) is 22.3. The smallest absolute Gasteiger partial charge is 0.265 e. The molecule has 2 aromatic carbocycles. The number of nitrogens with zero attached hydrogens (tertiary/aromatic N) is 4. The maximum absolute atomic E-state index is 13.1. The summed E-state index contributed by atoms with van der Waals surface area (Å²) in [5, 5.41) is 16.4. The van der Waals surface area contributed by atoms with E-state index in [0.29, 0.717) is 17.9 Å². The van der Waals surface area contributed by atoms with Crippen molar-refractivity contribution in [2.45, 2.75) is 6.42 Å². The van der Waals surface area contributed by atoms with Crippen molar-refractivity contribution in [1.82, 2.24) is 35.8 Å². The van der Waals surface area contributed by atoms with E-state index in [1.165, 1.54) is 23.1 Å². The second-order valence-corrected chi connectivity index (χ2v) is 8.19. The highest BCUT2D eigenvalue weighted by Crippen LogP contribution is 2.23. The molecule has 4 aromatic rings. The van der Waals surface area contributed by atoms with Crippen LogP contribution in [0.3, 0.4) is 0 Å². The van der Waals surface area contributed by atoms with Crippen LogP contribution < -0.4 is 5.32 Å². The van der Waals surface area contributed by atoms with Crippen molar-refractivity contribution in [3.63, 3.8) is 0 Å². The first-order valence-corrected chi connectivity index (χ1v) is 11.1. The van der Waals surface area contributed by atoms with Gasteiger partial charge in [-0.2, -0.15) is 0 Å². The van der Waals surface area contributed by atoms with Crippen LogP contribution in [0.25, 0.3) is 28.7 Å². The van der Waals surface area contributed by atoms with Crippen molar-refractivity contribution in [1.29, 1.82) is 0 Å². The van der Waals surface area contributed by atoms with Crippen LogP contribution in [0.5, 0.6) is 0 Å². The van der Waals surface area contributed by atoms with E-state index in [2.05, 4.69) is 30.9 Å². The van der Waals surface area contributed by atoms with Crippen molar-refractivity contribution in [2.24, 2.45) is 0 Å². The minimum Gasteiger partial charge on any atom is -0.355 e. The Kier molecular flexibility index (Phi) is 5.98. The maximum Gasteiger partial charge on any atom is 0.265 e. The summed E-state index contributed by atoms with van der Waals surface area (Å²) in [6.07, 6.45) is 1.96. The summed E-state index contributed by atoms with van der Waals surface area (Å²) >= 11 is 5.21. The molecule has 1 fully saturated rings. The Hall–Kier alpha value is -4.51. The molecule has 1 aliphatic rings. The molecule has 0 bridgehead atoms. The fourth-order valence-corrected chi connectivity index (χ4v) is 3.97. The van der Waals surface area contributed by atoms with E-state index >= 15 is 0 Å². The standard InChI is InChI=1S/C24H18FN7O2S/c25-17-7-1-14(2-8-17)11-12-32-23(34)19(22(33)27-24(32)35)13-18-9-10-20(26-18)15-3-5-16(6-4-15)21-28-30-31-29-21/h1-10,13,26H,11-12H2,(H,27,33,35)(H,28,29,30,31). The first-order chi connectivity index (χ1) is 17.0. The summed E-state index contributed by atoms with van der Waals surface area (Å²) in [4.78, 5) is 30.1. The average Bonchev–Trinajstić information content (AvgIpc) is 3.56. The van der Waals surface area contributed by atoms with Gasteiger partial charge in [0.15, 0.2) is 10.9 Å². The van der Waals surface area contributed by atoms with Crippen LogP contribution in [0.4, 0.5) is 4.39 Å². The van der Waals surface area contributed by atoms with E-state index in [-0.39, 0.29) is 23.0 Å². The number of halogens is 1. The Balaban J connectivity index is 1.32. The van der Waals surface area contributed by atoms with Gasteiger partial charge in [0.05, 0.1) is 0 Å². The summed E-state index contributed by atoms with van der Waals surface area (Å²) in [6.45, 7) is 0.254. The number of aromatic amines is 2. The number of nitrogens with one attached hydrogen (secondary N) is 3. The number of hydrogen-bond donors (Lipinski definition) is 3. The summed E-state index contributed by atoms with van der Waals surface area (Å²) in [6, 6.07) is 17.3. The van der Waals surface area contributed by atoms with Crippen molar-refractivity contribution < 1.29 is 14.0 Å². The highest BCUT2D eigenvalue weighted by atomic mass is 32.1. The summed E-state index contributed by atoms with van der Waals surface area (Å²) in [7, 11) is 0. The van der Waals surface area contributed by atoms with Crippen LogP contribution in [-0.4, -0.2) is 54.0 Å². The Morgan fingerprint density at radius 3 is 2.43 bits per heavy atom. The number of benzene rings is 2. The molecule has 0 atom stereocenters. The third-order valence-corrected chi connectivity index (χ3v) is 5.87. The molecule has 2 amide bonds. The molecule has 1 saturated heterocycles. The van der Waals surface area contributed by atoms with Gasteiger partial charge in [-0.05, 0) is 70.5 Å². The fraction of sp³-hybridized carbons (Fsp3) is 0.0833. The third-order valence-electron chi connectivity index (χ3n) is 5.55. The Morgan fingerprint density at radius 2 is 1.71 bits per heavy atom. The average molecular weight is 488 g/mol. The van der Waals surface area contributed by atoms with Gasteiger partial charge in [0, 0.05) is 23.5 Å². The topological polar surface area (TPSA) is 120 Å². The first-order valence-electron chi connectivity index (χ1n) is 10.6. The van der Waals surface area contributed by atoms with Gasteiger partial charge >= 0.3 is 0 Å².